The number of carbonyl (C=O) groups excluding carboxylic acids is 1. The van der Waals surface area contributed by atoms with Crippen LogP contribution in [0.1, 0.15) is 17.0 Å². The van der Waals surface area contributed by atoms with Crippen LogP contribution in [0.3, 0.4) is 0 Å². The quantitative estimate of drug-likeness (QED) is 0.519. The fourth-order valence-corrected chi connectivity index (χ4v) is 2.94. The molecule has 0 spiro atoms. The topological polar surface area (TPSA) is 114 Å². The van der Waals surface area contributed by atoms with Crippen LogP contribution < -0.4 is 5.32 Å². The first-order valence-corrected chi connectivity index (χ1v) is 8.91. The van der Waals surface area contributed by atoms with Crippen LogP contribution >= 0.6 is 0 Å². The third kappa shape index (κ3) is 3.70. The number of aryl methyl sites for hydroxylation is 1. The van der Waals surface area contributed by atoms with Crippen molar-refractivity contribution in [3.05, 3.63) is 72.9 Å². The van der Waals surface area contributed by atoms with Gasteiger partial charge in [0.25, 0.3) is 0 Å². The van der Waals surface area contributed by atoms with Gasteiger partial charge >= 0.3 is 0 Å². The molecule has 4 rings (SSSR count). The van der Waals surface area contributed by atoms with E-state index in [1.165, 1.54) is 24.7 Å². The van der Waals surface area contributed by atoms with E-state index in [9.17, 15) is 10.1 Å². The molecule has 0 unspecified atom stereocenters. The number of anilines is 1. The molecule has 0 atom stereocenters. The fourth-order valence-electron chi connectivity index (χ4n) is 2.94. The largest absolute Gasteiger partial charge is 0.320 e. The predicted octanol–water partition coefficient (Wildman–Crippen LogP) is 2.69. The molecular weight excluding hydrogens is 380 g/mol. The van der Waals surface area contributed by atoms with Crippen molar-refractivity contribution < 1.29 is 4.79 Å². The van der Waals surface area contributed by atoms with Gasteiger partial charge in [-0.2, -0.15) is 15.5 Å². The van der Waals surface area contributed by atoms with Crippen LogP contribution in [0, 0.1) is 11.3 Å². The third-order valence-corrected chi connectivity index (χ3v) is 4.34. The summed E-state index contributed by atoms with van der Waals surface area (Å²) >= 11 is 0. The number of nitriles is 1. The number of aromatic nitrogens is 6. The second-order valence-electron chi connectivity index (χ2n) is 6.41. The number of hydrogen-bond donors (Lipinski definition) is 1. The lowest BCUT2D eigenvalue weighted by Gasteiger charge is -2.05. The second kappa shape index (κ2) is 7.81. The van der Waals surface area contributed by atoms with E-state index in [-0.39, 0.29) is 5.91 Å². The van der Waals surface area contributed by atoms with Crippen molar-refractivity contribution >= 4 is 29.3 Å². The average Bonchev–Trinajstić information content (AvgIpc) is 3.38. The Labute approximate surface area is 171 Å². The summed E-state index contributed by atoms with van der Waals surface area (Å²) < 4.78 is 3.40. The average molecular weight is 396 g/mol. The molecule has 0 bridgehead atoms. The zero-order chi connectivity index (χ0) is 21.1. The monoisotopic (exact) mass is 396 g/mol. The highest BCUT2D eigenvalue weighted by molar-refractivity contribution is 5.98. The summed E-state index contributed by atoms with van der Waals surface area (Å²) in [6.45, 7) is 3.40. The first kappa shape index (κ1) is 18.8. The number of hydrogen-bond acceptors (Lipinski definition) is 6. The van der Waals surface area contributed by atoms with E-state index in [4.69, 9.17) is 0 Å². The Morgan fingerprint density at radius 2 is 1.93 bits per heavy atom. The maximum atomic E-state index is 11.3. The van der Waals surface area contributed by atoms with Crippen molar-refractivity contribution in [2.75, 3.05) is 5.32 Å². The molecule has 4 heterocycles. The molecule has 9 nitrogen and oxygen atoms in total. The highest BCUT2D eigenvalue weighted by Crippen LogP contribution is 2.26. The van der Waals surface area contributed by atoms with Gasteiger partial charge in [0.2, 0.25) is 5.91 Å². The normalized spacial score (nSPS) is 10.9. The molecule has 4 aromatic heterocycles. The van der Waals surface area contributed by atoms with Crippen LogP contribution in [-0.4, -0.2) is 35.3 Å². The maximum Gasteiger partial charge on any atom is 0.247 e. The Balaban J connectivity index is 1.72. The molecule has 0 fully saturated rings. The van der Waals surface area contributed by atoms with Crippen LogP contribution in [-0.2, 0) is 11.8 Å². The number of nitrogens with one attached hydrogen (secondary N) is 1. The Morgan fingerprint density at radius 3 is 2.60 bits per heavy atom. The van der Waals surface area contributed by atoms with Gasteiger partial charge in [-0.25, -0.2) is 14.5 Å². The van der Waals surface area contributed by atoms with Gasteiger partial charge in [-0.15, -0.1) is 0 Å². The number of pyridine rings is 1. The van der Waals surface area contributed by atoms with Gasteiger partial charge in [-0.3, -0.25) is 9.48 Å². The summed E-state index contributed by atoms with van der Waals surface area (Å²) in [4.78, 5) is 19.8. The minimum Gasteiger partial charge on any atom is -0.320 e. The molecular formula is C21H16N8O. The Bertz CT molecular complexity index is 1320. The summed E-state index contributed by atoms with van der Waals surface area (Å²) in [5, 5.41) is 20.5. The van der Waals surface area contributed by atoms with E-state index < -0.39 is 0 Å². The van der Waals surface area contributed by atoms with Crippen molar-refractivity contribution in [1.29, 1.82) is 5.26 Å². The third-order valence-electron chi connectivity index (χ3n) is 4.34. The first-order chi connectivity index (χ1) is 14.6. The first-order valence-electron chi connectivity index (χ1n) is 8.91. The number of amides is 1. The Hall–Kier alpha value is -4.58. The molecule has 146 valence electrons. The van der Waals surface area contributed by atoms with E-state index in [1.807, 2.05) is 31.6 Å². The van der Waals surface area contributed by atoms with Crippen LogP contribution in [0.2, 0.25) is 0 Å². The summed E-state index contributed by atoms with van der Waals surface area (Å²) in [7, 11) is 1.85. The van der Waals surface area contributed by atoms with E-state index >= 15 is 0 Å². The molecule has 0 aliphatic heterocycles. The summed E-state index contributed by atoms with van der Waals surface area (Å²) in [6.07, 6.45) is 14.8. The molecule has 9 heteroatoms. The van der Waals surface area contributed by atoms with E-state index in [0.717, 1.165) is 16.7 Å². The molecule has 30 heavy (non-hydrogen) atoms. The lowest BCUT2D eigenvalue weighted by molar-refractivity contribution is -0.111. The van der Waals surface area contributed by atoms with Gasteiger partial charge < -0.3 is 5.32 Å². The number of fused-ring (bicyclic) bond motifs is 1. The summed E-state index contributed by atoms with van der Waals surface area (Å²) in [5.74, 6) is 0.121. The van der Waals surface area contributed by atoms with Gasteiger partial charge in [0.15, 0.2) is 5.82 Å². The Morgan fingerprint density at radius 1 is 1.13 bits per heavy atom. The molecule has 0 aromatic carbocycles. The van der Waals surface area contributed by atoms with Gasteiger partial charge in [-0.1, -0.05) is 6.58 Å². The van der Waals surface area contributed by atoms with Crippen LogP contribution in [0.4, 0.5) is 5.69 Å². The van der Waals surface area contributed by atoms with Crippen LogP contribution in [0.15, 0.2) is 55.9 Å². The lowest BCUT2D eigenvalue weighted by atomic mass is 10.1. The second-order valence-corrected chi connectivity index (χ2v) is 6.41. The molecule has 4 aromatic rings. The summed E-state index contributed by atoms with van der Waals surface area (Å²) in [5.41, 5.74) is 4.26. The van der Waals surface area contributed by atoms with Gasteiger partial charge in [0, 0.05) is 36.1 Å². The molecule has 1 N–H and O–H groups in total. The zero-order valence-electron chi connectivity index (χ0n) is 16.0. The maximum absolute atomic E-state index is 11.3. The minimum absolute atomic E-state index is 0.332. The highest BCUT2D eigenvalue weighted by Gasteiger charge is 2.11. The van der Waals surface area contributed by atoms with Crippen LogP contribution in [0.5, 0.6) is 0 Å². The number of rotatable bonds is 5. The molecule has 0 radical (unpaired) electrons. The lowest BCUT2D eigenvalue weighted by Crippen LogP contribution is -2.08. The summed E-state index contributed by atoms with van der Waals surface area (Å²) in [6, 6.07) is 4.13. The van der Waals surface area contributed by atoms with Gasteiger partial charge in [-0.05, 0) is 24.3 Å². The van der Waals surface area contributed by atoms with Gasteiger partial charge in [0.05, 0.1) is 41.6 Å². The SMILES string of the molecule is C=CC(=O)Nc1cnc(/C=C/c2cc(-c3cnn(C)c3)cn3ncc(C#N)c23)nc1. The molecule has 0 saturated carbocycles. The van der Waals surface area contributed by atoms with E-state index in [1.54, 1.807) is 21.5 Å². The number of nitrogens with zero attached hydrogens (tertiary/aromatic N) is 7. The molecule has 0 aliphatic carbocycles. The highest BCUT2D eigenvalue weighted by atomic mass is 16.1. The van der Waals surface area contributed by atoms with E-state index in [2.05, 4.69) is 38.1 Å². The van der Waals surface area contributed by atoms with Crippen molar-refractivity contribution in [1.82, 2.24) is 29.4 Å². The van der Waals surface area contributed by atoms with Crippen molar-refractivity contribution in [2.24, 2.45) is 7.05 Å². The molecule has 0 saturated heterocycles. The fraction of sp³-hybridized carbons (Fsp3) is 0.0476. The van der Waals surface area contributed by atoms with Gasteiger partial charge in [0.1, 0.15) is 6.07 Å². The van der Waals surface area contributed by atoms with Crippen molar-refractivity contribution in [3.63, 3.8) is 0 Å². The van der Waals surface area contributed by atoms with Crippen molar-refractivity contribution in [2.45, 2.75) is 0 Å². The molecule has 1 amide bonds. The van der Waals surface area contributed by atoms with Crippen LogP contribution in [0.25, 0.3) is 28.8 Å². The number of carbonyl (C=O) groups is 1. The molecule has 0 aliphatic rings. The van der Waals surface area contributed by atoms with Crippen molar-refractivity contribution in [3.8, 4) is 17.2 Å². The smallest absolute Gasteiger partial charge is 0.247 e. The predicted molar refractivity (Wildman–Crippen MR) is 112 cm³/mol. The standard InChI is InChI=1S/C21H16N8O/c1-3-20(30)27-18-10-23-19(24-11-18)5-4-14-6-15(17-9-25-28(2)12-17)13-29-21(14)16(7-22)8-26-29/h3-6,8-13H,1H2,2H3,(H,27,30)/b5-4+. The zero-order valence-corrected chi connectivity index (χ0v) is 16.0. The Kier molecular flexibility index (Phi) is 4.88. The van der Waals surface area contributed by atoms with E-state index in [0.29, 0.717) is 22.6 Å². The minimum atomic E-state index is -0.332.